The Kier molecular flexibility index (Phi) is 4.55. The van der Waals surface area contributed by atoms with Crippen LogP contribution in [-0.2, 0) is 10.0 Å². The Morgan fingerprint density at radius 2 is 2.05 bits per heavy atom. The summed E-state index contributed by atoms with van der Waals surface area (Å²) in [5.74, 6) is 0.405. The van der Waals surface area contributed by atoms with Gasteiger partial charge < -0.3 is 0 Å². The smallest absolute Gasteiger partial charge is 0.258 e. The van der Waals surface area contributed by atoms with Gasteiger partial charge >= 0.3 is 0 Å². The zero-order valence-corrected chi connectivity index (χ0v) is 13.4. The van der Waals surface area contributed by atoms with Crippen LogP contribution in [0.25, 0.3) is 0 Å². The van der Waals surface area contributed by atoms with Crippen LogP contribution in [0.3, 0.4) is 0 Å². The highest BCUT2D eigenvalue weighted by Crippen LogP contribution is 2.34. The molecule has 0 amide bonds. The lowest BCUT2D eigenvalue weighted by Gasteiger charge is -2.21. The van der Waals surface area contributed by atoms with E-state index in [0.29, 0.717) is 24.6 Å². The Balaban J connectivity index is 2.47. The Morgan fingerprint density at radius 1 is 1.43 bits per heavy atom. The van der Waals surface area contributed by atoms with Gasteiger partial charge in [-0.15, -0.1) is 0 Å². The van der Waals surface area contributed by atoms with Gasteiger partial charge in [0.05, 0.1) is 9.82 Å². The largest absolute Gasteiger partial charge is 0.289 e. The summed E-state index contributed by atoms with van der Waals surface area (Å²) in [6.07, 6.45) is 2.07. The average Bonchev–Trinajstić information content (AvgIpc) is 3.18. The van der Waals surface area contributed by atoms with E-state index in [-0.39, 0.29) is 15.6 Å². The number of hydrogen-bond donors (Lipinski definition) is 0. The van der Waals surface area contributed by atoms with E-state index in [2.05, 4.69) is 0 Å². The summed E-state index contributed by atoms with van der Waals surface area (Å²) in [6.45, 7) is 4.16. The summed E-state index contributed by atoms with van der Waals surface area (Å²) in [5, 5.41) is 10.9. The van der Waals surface area contributed by atoms with Gasteiger partial charge in [-0.05, 0) is 37.3 Å². The minimum Gasteiger partial charge on any atom is -0.258 e. The van der Waals surface area contributed by atoms with Crippen molar-refractivity contribution >= 4 is 27.3 Å². The number of nitrogens with zero attached hydrogens (tertiary/aromatic N) is 2. The lowest BCUT2D eigenvalue weighted by molar-refractivity contribution is -0.384. The Labute approximate surface area is 128 Å². The Hall–Kier alpha value is -1.18. The van der Waals surface area contributed by atoms with Crippen LogP contribution < -0.4 is 0 Å². The zero-order valence-electron chi connectivity index (χ0n) is 11.9. The van der Waals surface area contributed by atoms with Crippen molar-refractivity contribution in [2.45, 2.75) is 31.6 Å². The molecule has 0 heterocycles. The van der Waals surface area contributed by atoms with Gasteiger partial charge in [-0.1, -0.05) is 18.5 Å². The first kappa shape index (κ1) is 16.2. The second-order valence-electron chi connectivity index (χ2n) is 5.23. The predicted octanol–water partition coefficient (Wildman–Crippen LogP) is 2.98. The monoisotopic (exact) mass is 332 g/mol. The van der Waals surface area contributed by atoms with Crippen LogP contribution >= 0.6 is 11.6 Å². The minimum atomic E-state index is -3.74. The van der Waals surface area contributed by atoms with E-state index in [4.69, 9.17) is 11.6 Å². The highest BCUT2D eigenvalue weighted by Gasteiger charge is 2.32. The summed E-state index contributed by atoms with van der Waals surface area (Å²) in [7, 11) is -3.74. The van der Waals surface area contributed by atoms with Crippen LogP contribution in [0.5, 0.6) is 0 Å². The average molecular weight is 333 g/mol. The Bertz CT molecular complexity index is 671. The number of halogens is 1. The summed E-state index contributed by atoms with van der Waals surface area (Å²) in [6, 6.07) is 2.39. The number of hydrogen-bond acceptors (Lipinski definition) is 4. The topological polar surface area (TPSA) is 80.5 Å². The van der Waals surface area contributed by atoms with E-state index in [9.17, 15) is 18.5 Å². The number of aryl methyl sites for hydroxylation is 1. The van der Waals surface area contributed by atoms with E-state index in [1.165, 1.54) is 10.4 Å². The molecule has 1 saturated carbocycles. The molecule has 1 aliphatic carbocycles. The van der Waals surface area contributed by atoms with Crippen molar-refractivity contribution in [3.63, 3.8) is 0 Å². The predicted molar refractivity (Wildman–Crippen MR) is 80.0 cm³/mol. The summed E-state index contributed by atoms with van der Waals surface area (Å²) in [5.41, 5.74) is 0.0307. The van der Waals surface area contributed by atoms with Gasteiger partial charge in [-0.25, -0.2) is 8.42 Å². The van der Waals surface area contributed by atoms with Gasteiger partial charge in [0, 0.05) is 19.2 Å². The lowest BCUT2D eigenvalue weighted by Crippen LogP contribution is -2.33. The molecule has 1 aliphatic rings. The summed E-state index contributed by atoms with van der Waals surface area (Å²) >= 11 is 5.80. The van der Waals surface area contributed by atoms with Crippen LogP contribution in [0.4, 0.5) is 5.69 Å². The summed E-state index contributed by atoms with van der Waals surface area (Å²) in [4.78, 5) is 10.2. The second-order valence-corrected chi connectivity index (χ2v) is 7.54. The highest BCUT2D eigenvalue weighted by atomic mass is 35.5. The maximum absolute atomic E-state index is 12.7. The molecule has 0 N–H and O–H groups in total. The maximum atomic E-state index is 12.7. The molecule has 2 rings (SSSR count). The van der Waals surface area contributed by atoms with Gasteiger partial charge in [0.15, 0.2) is 0 Å². The molecule has 0 atom stereocenters. The first-order valence-corrected chi connectivity index (χ1v) is 8.53. The standard InChI is InChI=1S/C13H17ClN2O4S/c1-3-15(8-10-4-5-10)21(19,20)13-7-12(16(17)18)11(14)6-9(13)2/h6-7,10H,3-5,8H2,1-2H3. The molecule has 0 aromatic heterocycles. The molecule has 6 nitrogen and oxygen atoms in total. The van der Waals surface area contributed by atoms with Crippen molar-refractivity contribution in [1.29, 1.82) is 0 Å². The molecule has 0 bridgehead atoms. The van der Waals surface area contributed by atoms with Crippen LogP contribution in [0.1, 0.15) is 25.3 Å². The molecule has 116 valence electrons. The van der Waals surface area contributed by atoms with Crippen molar-refractivity contribution < 1.29 is 13.3 Å². The number of nitro groups is 1. The van der Waals surface area contributed by atoms with Gasteiger partial charge in [0.1, 0.15) is 5.02 Å². The van der Waals surface area contributed by atoms with Crippen molar-refractivity contribution in [2.75, 3.05) is 13.1 Å². The van der Waals surface area contributed by atoms with Crippen LogP contribution in [0, 0.1) is 23.0 Å². The highest BCUT2D eigenvalue weighted by molar-refractivity contribution is 7.89. The van der Waals surface area contributed by atoms with Crippen molar-refractivity contribution in [3.8, 4) is 0 Å². The fourth-order valence-corrected chi connectivity index (χ4v) is 4.22. The minimum absolute atomic E-state index is 0.0406. The number of benzene rings is 1. The van der Waals surface area contributed by atoms with Crippen LogP contribution in [-0.4, -0.2) is 30.7 Å². The molecule has 1 aromatic rings. The number of sulfonamides is 1. The van der Waals surface area contributed by atoms with Gasteiger partial charge in [-0.3, -0.25) is 10.1 Å². The molecular formula is C13H17ClN2O4S. The quantitative estimate of drug-likeness (QED) is 0.592. The fourth-order valence-electron chi connectivity index (χ4n) is 2.18. The molecular weight excluding hydrogens is 316 g/mol. The van der Waals surface area contributed by atoms with E-state index in [0.717, 1.165) is 18.9 Å². The third-order valence-electron chi connectivity index (χ3n) is 3.57. The first-order chi connectivity index (χ1) is 9.77. The molecule has 21 heavy (non-hydrogen) atoms. The van der Waals surface area contributed by atoms with Crippen molar-refractivity contribution in [1.82, 2.24) is 4.31 Å². The first-order valence-electron chi connectivity index (χ1n) is 6.72. The maximum Gasteiger partial charge on any atom is 0.289 e. The van der Waals surface area contributed by atoms with Crippen LogP contribution in [0.2, 0.25) is 5.02 Å². The summed E-state index contributed by atoms with van der Waals surface area (Å²) < 4.78 is 26.8. The third-order valence-corrected chi connectivity index (χ3v) is 5.96. The second kappa shape index (κ2) is 5.90. The normalized spacial score (nSPS) is 15.4. The molecule has 0 spiro atoms. The van der Waals surface area contributed by atoms with E-state index < -0.39 is 14.9 Å². The van der Waals surface area contributed by atoms with E-state index in [1.54, 1.807) is 13.8 Å². The Morgan fingerprint density at radius 3 is 2.52 bits per heavy atom. The molecule has 0 saturated heterocycles. The van der Waals surface area contributed by atoms with E-state index in [1.807, 2.05) is 0 Å². The molecule has 8 heteroatoms. The SMILES string of the molecule is CCN(CC1CC1)S(=O)(=O)c1cc([N+](=O)[O-])c(Cl)cc1C. The number of nitro benzene ring substituents is 1. The zero-order chi connectivity index (χ0) is 15.8. The molecule has 1 fully saturated rings. The van der Waals surface area contributed by atoms with Crippen molar-refractivity contribution in [3.05, 3.63) is 32.8 Å². The number of rotatable bonds is 6. The fraction of sp³-hybridized carbons (Fsp3) is 0.538. The molecule has 1 aromatic carbocycles. The molecule has 0 unspecified atom stereocenters. The van der Waals surface area contributed by atoms with Gasteiger partial charge in [0.25, 0.3) is 5.69 Å². The lowest BCUT2D eigenvalue weighted by atomic mass is 10.2. The van der Waals surface area contributed by atoms with Crippen molar-refractivity contribution in [2.24, 2.45) is 5.92 Å². The van der Waals surface area contributed by atoms with Gasteiger partial charge in [0.2, 0.25) is 10.0 Å². The third kappa shape index (κ3) is 3.36. The van der Waals surface area contributed by atoms with Crippen LogP contribution in [0.15, 0.2) is 17.0 Å². The van der Waals surface area contributed by atoms with E-state index >= 15 is 0 Å². The molecule has 0 aliphatic heterocycles. The van der Waals surface area contributed by atoms with Gasteiger partial charge in [-0.2, -0.15) is 4.31 Å². The molecule has 0 radical (unpaired) electrons.